The molecule has 0 bridgehead atoms. The van der Waals surface area contributed by atoms with Gasteiger partial charge in [-0.3, -0.25) is 4.79 Å². The lowest BCUT2D eigenvalue weighted by Crippen LogP contribution is -2.30. The lowest BCUT2D eigenvalue weighted by atomic mass is 10.2. The zero-order valence-corrected chi connectivity index (χ0v) is 15.3. The van der Waals surface area contributed by atoms with Crippen LogP contribution in [-0.4, -0.2) is 32.2 Å². The third kappa shape index (κ3) is 5.15. The maximum atomic E-state index is 12.6. The number of amides is 1. The minimum absolute atomic E-state index is 0.145. The number of anilines is 1. The SMILES string of the molecule is COc1ccc(C(=O)O[C@H](C)C(=O)Nc2ccc(C(F)(F)F)cc2)cc1OC. The van der Waals surface area contributed by atoms with Crippen LogP contribution in [0.2, 0.25) is 0 Å². The standard InChI is InChI=1S/C19H18F3NO5/c1-11(17(24)23-14-7-5-13(6-8-14)19(20,21)22)28-18(25)12-4-9-15(26-2)16(10-12)27-3/h4-11H,1-3H3,(H,23,24)/t11-/m1/s1. The van der Waals surface area contributed by atoms with E-state index in [1.54, 1.807) is 0 Å². The lowest BCUT2D eigenvalue weighted by Gasteiger charge is -2.15. The molecule has 0 fully saturated rings. The number of nitrogens with one attached hydrogen (secondary N) is 1. The Bertz CT molecular complexity index is 850. The molecule has 0 heterocycles. The fraction of sp³-hybridized carbons (Fsp3) is 0.263. The first-order valence-corrected chi connectivity index (χ1v) is 8.07. The average molecular weight is 397 g/mol. The molecule has 28 heavy (non-hydrogen) atoms. The molecule has 0 aromatic heterocycles. The second kappa shape index (κ2) is 8.64. The van der Waals surface area contributed by atoms with Crippen molar-refractivity contribution < 1.29 is 37.0 Å². The van der Waals surface area contributed by atoms with Gasteiger partial charge in [0.25, 0.3) is 5.91 Å². The Morgan fingerprint density at radius 1 is 0.964 bits per heavy atom. The van der Waals surface area contributed by atoms with Gasteiger partial charge in [0, 0.05) is 5.69 Å². The molecule has 2 aromatic carbocycles. The van der Waals surface area contributed by atoms with Crippen LogP contribution in [-0.2, 0) is 15.7 Å². The van der Waals surface area contributed by atoms with E-state index in [-0.39, 0.29) is 11.3 Å². The van der Waals surface area contributed by atoms with Crippen molar-refractivity contribution in [2.24, 2.45) is 0 Å². The van der Waals surface area contributed by atoms with Crippen molar-refractivity contribution in [3.05, 3.63) is 53.6 Å². The van der Waals surface area contributed by atoms with Crippen molar-refractivity contribution in [2.75, 3.05) is 19.5 Å². The fourth-order valence-electron chi connectivity index (χ4n) is 2.23. The van der Waals surface area contributed by atoms with Gasteiger partial charge in [-0.05, 0) is 49.4 Å². The minimum atomic E-state index is -4.47. The number of methoxy groups -OCH3 is 2. The highest BCUT2D eigenvalue weighted by Gasteiger charge is 2.30. The molecule has 0 saturated heterocycles. The molecule has 0 aliphatic rings. The van der Waals surface area contributed by atoms with Crippen LogP contribution in [0.4, 0.5) is 18.9 Å². The van der Waals surface area contributed by atoms with Crippen LogP contribution in [0.1, 0.15) is 22.8 Å². The van der Waals surface area contributed by atoms with E-state index in [2.05, 4.69) is 5.32 Å². The van der Waals surface area contributed by atoms with Gasteiger partial charge in [-0.1, -0.05) is 0 Å². The van der Waals surface area contributed by atoms with E-state index in [0.717, 1.165) is 24.3 Å². The van der Waals surface area contributed by atoms with E-state index in [1.807, 2.05) is 0 Å². The molecule has 0 radical (unpaired) electrons. The molecular weight excluding hydrogens is 379 g/mol. The summed E-state index contributed by atoms with van der Waals surface area (Å²) in [6, 6.07) is 8.28. The Morgan fingerprint density at radius 3 is 2.11 bits per heavy atom. The summed E-state index contributed by atoms with van der Waals surface area (Å²) < 4.78 is 52.9. The predicted molar refractivity (Wildman–Crippen MR) is 94.5 cm³/mol. The number of esters is 1. The Kier molecular flexibility index (Phi) is 6.50. The van der Waals surface area contributed by atoms with Crippen LogP contribution in [0.3, 0.4) is 0 Å². The fourth-order valence-corrected chi connectivity index (χ4v) is 2.23. The molecule has 2 rings (SSSR count). The number of hydrogen-bond acceptors (Lipinski definition) is 5. The highest BCUT2D eigenvalue weighted by Crippen LogP contribution is 2.30. The summed E-state index contributed by atoms with van der Waals surface area (Å²) in [6.07, 6.45) is -5.65. The van der Waals surface area contributed by atoms with Crippen molar-refractivity contribution in [3.63, 3.8) is 0 Å². The van der Waals surface area contributed by atoms with Gasteiger partial charge >= 0.3 is 12.1 Å². The van der Waals surface area contributed by atoms with Crippen LogP contribution in [0, 0.1) is 0 Å². The van der Waals surface area contributed by atoms with E-state index >= 15 is 0 Å². The second-order valence-corrected chi connectivity index (χ2v) is 5.68. The summed E-state index contributed by atoms with van der Waals surface area (Å²) in [6.45, 7) is 1.35. The smallest absolute Gasteiger partial charge is 0.416 e. The van der Waals surface area contributed by atoms with Gasteiger partial charge in [0.05, 0.1) is 25.3 Å². The summed E-state index contributed by atoms with van der Waals surface area (Å²) in [5.74, 6) is -0.712. The van der Waals surface area contributed by atoms with Crippen molar-refractivity contribution in [1.29, 1.82) is 0 Å². The Labute approximate surface area is 159 Å². The number of ether oxygens (including phenoxy) is 3. The molecule has 150 valence electrons. The maximum Gasteiger partial charge on any atom is 0.416 e. The van der Waals surface area contributed by atoms with Crippen LogP contribution in [0.15, 0.2) is 42.5 Å². The Balaban J connectivity index is 2.01. The molecular formula is C19H18F3NO5. The molecule has 0 saturated carbocycles. The third-order valence-corrected chi connectivity index (χ3v) is 3.75. The summed E-state index contributed by atoms with van der Waals surface area (Å²) in [7, 11) is 2.86. The number of carbonyl (C=O) groups is 2. The number of carbonyl (C=O) groups excluding carboxylic acids is 2. The van der Waals surface area contributed by atoms with Gasteiger partial charge in [0.2, 0.25) is 0 Å². The van der Waals surface area contributed by atoms with Gasteiger partial charge in [-0.2, -0.15) is 13.2 Å². The van der Waals surface area contributed by atoms with Crippen LogP contribution >= 0.6 is 0 Å². The van der Waals surface area contributed by atoms with Crippen molar-refractivity contribution in [1.82, 2.24) is 0 Å². The first-order chi connectivity index (χ1) is 13.2. The molecule has 1 atom stereocenters. The van der Waals surface area contributed by atoms with Gasteiger partial charge in [0.15, 0.2) is 17.6 Å². The highest BCUT2D eigenvalue weighted by molar-refractivity contribution is 5.97. The molecule has 0 aliphatic carbocycles. The monoisotopic (exact) mass is 397 g/mol. The number of alkyl halides is 3. The lowest BCUT2D eigenvalue weighted by molar-refractivity contribution is -0.137. The largest absolute Gasteiger partial charge is 0.493 e. The van der Waals surface area contributed by atoms with Gasteiger partial charge in [0.1, 0.15) is 0 Å². The van der Waals surface area contributed by atoms with E-state index in [1.165, 1.54) is 39.3 Å². The molecule has 1 amide bonds. The van der Waals surface area contributed by atoms with Crippen LogP contribution in [0.5, 0.6) is 11.5 Å². The van der Waals surface area contributed by atoms with Crippen molar-refractivity contribution in [2.45, 2.75) is 19.2 Å². The van der Waals surface area contributed by atoms with E-state index in [0.29, 0.717) is 11.5 Å². The van der Waals surface area contributed by atoms with Crippen molar-refractivity contribution in [3.8, 4) is 11.5 Å². The zero-order valence-electron chi connectivity index (χ0n) is 15.3. The minimum Gasteiger partial charge on any atom is -0.493 e. The van der Waals surface area contributed by atoms with E-state index in [4.69, 9.17) is 14.2 Å². The van der Waals surface area contributed by atoms with Gasteiger partial charge in [-0.25, -0.2) is 4.79 Å². The topological polar surface area (TPSA) is 73.9 Å². The third-order valence-electron chi connectivity index (χ3n) is 3.75. The van der Waals surface area contributed by atoms with Crippen LogP contribution in [0.25, 0.3) is 0 Å². The first-order valence-electron chi connectivity index (χ1n) is 8.07. The summed E-state index contributed by atoms with van der Waals surface area (Å²) in [5, 5.41) is 2.39. The molecule has 0 unspecified atom stereocenters. The molecule has 0 spiro atoms. The zero-order chi connectivity index (χ0) is 20.9. The van der Waals surface area contributed by atoms with Gasteiger partial charge in [-0.15, -0.1) is 0 Å². The Hall–Kier alpha value is -3.23. The predicted octanol–water partition coefficient (Wildman–Crippen LogP) is 3.91. The summed E-state index contributed by atoms with van der Waals surface area (Å²) in [5.41, 5.74) is -0.544. The molecule has 0 aliphatic heterocycles. The summed E-state index contributed by atoms with van der Waals surface area (Å²) >= 11 is 0. The summed E-state index contributed by atoms with van der Waals surface area (Å²) in [4.78, 5) is 24.3. The Morgan fingerprint density at radius 2 is 1.57 bits per heavy atom. The first kappa shape index (κ1) is 21.1. The second-order valence-electron chi connectivity index (χ2n) is 5.68. The molecule has 9 heteroatoms. The van der Waals surface area contributed by atoms with E-state index in [9.17, 15) is 22.8 Å². The normalized spacial score (nSPS) is 12.1. The maximum absolute atomic E-state index is 12.6. The average Bonchev–Trinajstić information content (AvgIpc) is 2.66. The van der Waals surface area contributed by atoms with Crippen molar-refractivity contribution >= 4 is 17.6 Å². The number of benzene rings is 2. The number of halogens is 3. The van der Waals surface area contributed by atoms with E-state index < -0.39 is 29.7 Å². The molecule has 1 N–H and O–H groups in total. The number of rotatable bonds is 6. The molecule has 6 nitrogen and oxygen atoms in total. The quantitative estimate of drug-likeness (QED) is 0.749. The highest BCUT2D eigenvalue weighted by atomic mass is 19.4. The van der Waals surface area contributed by atoms with Gasteiger partial charge < -0.3 is 19.5 Å². The van der Waals surface area contributed by atoms with Crippen LogP contribution < -0.4 is 14.8 Å². The molecule has 2 aromatic rings. The number of hydrogen-bond donors (Lipinski definition) is 1.